The summed E-state index contributed by atoms with van der Waals surface area (Å²) in [5.41, 5.74) is 1.25. The molecule has 24 heavy (non-hydrogen) atoms. The van der Waals surface area contributed by atoms with Crippen molar-refractivity contribution in [2.24, 2.45) is 0 Å². The molecule has 1 amide bonds. The van der Waals surface area contributed by atoms with E-state index in [-0.39, 0.29) is 17.5 Å². The second-order valence-electron chi connectivity index (χ2n) is 6.68. The summed E-state index contributed by atoms with van der Waals surface area (Å²) in [4.78, 5) is 14.5. The molecule has 0 unspecified atom stereocenters. The van der Waals surface area contributed by atoms with Crippen LogP contribution in [0.3, 0.4) is 0 Å². The van der Waals surface area contributed by atoms with Gasteiger partial charge < -0.3 is 10.2 Å². The Morgan fingerprint density at radius 3 is 2.54 bits per heavy atom. The van der Waals surface area contributed by atoms with Crippen LogP contribution in [0.1, 0.15) is 51.5 Å². The van der Waals surface area contributed by atoms with Gasteiger partial charge in [-0.3, -0.25) is 4.79 Å². The van der Waals surface area contributed by atoms with Crippen LogP contribution in [-0.2, 0) is 11.3 Å². The number of nitrogens with one attached hydrogen (secondary N) is 1. The molecular formula is C20H27N3O. The van der Waals surface area contributed by atoms with Crippen molar-refractivity contribution in [2.45, 2.75) is 64.6 Å². The number of hydrogen-bond acceptors (Lipinski definition) is 3. The van der Waals surface area contributed by atoms with E-state index in [0.717, 1.165) is 18.4 Å². The number of nitriles is 1. The Balaban J connectivity index is 2.06. The lowest BCUT2D eigenvalue weighted by atomic mass is 9.96. The molecule has 2 rings (SSSR count). The van der Waals surface area contributed by atoms with Crippen molar-refractivity contribution in [1.82, 2.24) is 10.2 Å². The van der Waals surface area contributed by atoms with Gasteiger partial charge in [0.05, 0.1) is 0 Å². The molecule has 128 valence electrons. The maximum atomic E-state index is 12.8. The number of rotatable bonds is 6. The smallest absolute Gasteiger partial charge is 0.266 e. The van der Waals surface area contributed by atoms with Gasteiger partial charge in [0.2, 0.25) is 0 Å². The molecule has 4 heteroatoms. The maximum absolute atomic E-state index is 12.8. The lowest BCUT2D eigenvalue weighted by Crippen LogP contribution is -2.38. The van der Waals surface area contributed by atoms with E-state index in [2.05, 4.69) is 11.4 Å². The van der Waals surface area contributed by atoms with Crippen molar-refractivity contribution < 1.29 is 4.79 Å². The van der Waals surface area contributed by atoms with Crippen molar-refractivity contribution in [3.05, 3.63) is 47.7 Å². The first-order valence-electron chi connectivity index (χ1n) is 8.83. The van der Waals surface area contributed by atoms with Gasteiger partial charge in [-0.25, -0.2) is 0 Å². The van der Waals surface area contributed by atoms with E-state index in [1.807, 2.05) is 44.2 Å². The van der Waals surface area contributed by atoms with E-state index in [1.165, 1.54) is 19.3 Å². The quantitative estimate of drug-likeness (QED) is 0.640. The number of carbonyl (C=O) groups is 1. The summed E-state index contributed by atoms with van der Waals surface area (Å²) in [7, 11) is 0. The molecule has 1 aliphatic carbocycles. The van der Waals surface area contributed by atoms with Crippen LogP contribution < -0.4 is 5.32 Å². The lowest BCUT2D eigenvalue weighted by Gasteiger charge is -2.27. The van der Waals surface area contributed by atoms with Crippen molar-refractivity contribution in [1.29, 1.82) is 5.26 Å². The van der Waals surface area contributed by atoms with Gasteiger partial charge in [0.25, 0.3) is 5.91 Å². The average Bonchev–Trinajstić information content (AvgIpc) is 2.61. The summed E-state index contributed by atoms with van der Waals surface area (Å²) in [6.07, 6.45) is 7.56. The van der Waals surface area contributed by atoms with Crippen molar-refractivity contribution >= 4 is 5.91 Å². The molecule has 0 aromatic heterocycles. The second kappa shape index (κ2) is 9.12. The molecule has 0 aliphatic heterocycles. The molecule has 1 N–H and O–H groups in total. The van der Waals surface area contributed by atoms with Gasteiger partial charge in [0.1, 0.15) is 11.6 Å². The van der Waals surface area contributed by atoms with E-state index < -0.39 is 0 Å². The van der Waals surface area contributed by atoms with Crippen molar-refractivity contribution in [2.75, 3.05) is 0 Å². The number of nitrogens with zero attached hydrogens (tertiary/aromatic N) is 2. The number of amides is 1. The number of hydrogen-bond donors (Lipinski definition) is 1. The fraction of sp³-hybridized carbons (Fsp3) is 0.500. The van der Waals surface area contributed by atoms with Crippen LogP contribution in [0.25, 0.3) is 0 Å². The molecule has 4 nitrogen and oxygen atoms in total. The fourth-order valence-corrected chi connectivity index (χ4v) is 3.04. The first-order valence-corrected chi connectivity index (χ1v) is 8.83. The molecule has 0 spiro atoms. The van der Waals surface area contributed by atoms with Gasteiger partial charge in [0, 0.05) is 24.8 Å². The van der Waals surface area contributed by atoms with Crippen LogP contribution in [0.4, 0.5) is 0 Å². The summed E-state index contributed by atoms with van der Waals surface area (Å²) in [6.45, 7) is 4.47. The molecule has 1 aromatic carbocycles. The summed E-state index contributed by atoms with van der Waals surface area (Å²) >= 11 is 0. The minimum absolute atomic E-state index is 0.0316. The zero-order valence-electron chi connectivity index (χ0n) is 14.7. The molecule has 0 saturated heterocycles. The SMILES string of the molecule is CC(C)N(Cc1ccccc1)C(=O)/C(C#N)=C\NC1CCCCC1. The Hall–Kier alpha value is -2.28. The Bertz CT molecular complexity index is 595. The highest BCUT2D eigenvalue weighted by Gasteiger charge is 2.22. The Kier molecular flexibility index (Phi) is 6.87. The van der Waals surface area contributed by atoms with E-state index in [0.29, 0.717) is 12.6 Å². The van der Waals surface area contributed by atoms with Gasteiger partial charge in [0.15, 0.2) is 0 Å². The molecule has 1 saturated carbocycles. The average molecular weight is 325 g/mol. The number of benzene rings is 1. The van der Waals surface area contributed by atoms with Crippen LogP contribution in [0.5, 0.6) is 0 Å². The minimum Gasteiger partial charge on any atom is -0.387 e. The third-order valence-electron chi connectivity index (χ3n) is 4.50. The van der Waals surface area contributed by atoms with Gasteiger partial charge in [-0.1, -0.05) is 49.6 Å². The van der Waals surface area contributed by atoms with Crippen LogP contribution in [0, 0.1) is 11.3 Å². The van der Waals surface area contributed by atoms with Crippen LogP contribution in [0.2, 0.25) is 0 Å². The van der Waals surface area contributed by atoms with E-state index >= 15 is 0 Å². The summed E-state index contributed by atoms with van der Waals surface area (Å²) < 4.78 is 0. The predicted molar refractivity (Wildman–Crippen MR) is 95.8 cm³/mol. The predicted octanol–water partition coefficient (Wildman–Crippen LogP) is 3.75. The Morgan fingerprint density at radius 1 is 1.29 bits per heavy atom. The molecule has 0 bridgehead atoms. The van der Waals surface area contributed by atoms with Gasteiger partial charge in [-0.05, 0) is 32.3 Å². The largest absolute Gasteiger partial charge is 0.387 e. The molecule has 1 aromatic rings. The number of carbonyl (C=O) groups excluding carboxylic acids is 1. The maximum Gasteiger partial charge on any atom is 0.266 e. The summed E-state index contributed by atoms with van der Waals surface area (Å²) in [5, 5.41) is 12.7. The molecule has 0 radical (unpaired) electrons. The van der Waals surface area contributed by atoms with Crippen molar-refractivity contribution in [3.8, 4) is 6.07 Å². The van der Waals surface area contributed by atoms with E-state index in [1.54, 1.807) is 11.1 Å². The normalized spacial score (nSPS) is 15.8. The van der Waals surface area contributed by atoms with Crippen LogP contribution in [0.15, 0.2) is 42.1 Å². The molecule has 1 fully saturated rings. The summed E-state index contributed by atoms with van der Waals surface area (Å²) in [6, 6.07) is 12.4. The van der Waals surface area contributed by atoms with Crippen LogP contribution >= 0.6 is 0 Å². The van der Waals surface area contributed by atoms with Gasteiger partial charge >= 0.3 is 0 Å². The highest BCUT2D eigenvalue weighted by atomic mass is 16.2. The zero-order chi connectivity index (χ0) is 17.4. The minimum atomic E-state index is -0.209. The molecular weight excluding hydrogens is 298 g/mol. The topological polar surface area (TPSA) is 56.1 Å². The molecule has 0 atom stereocenters. The van der Waals surface area contributed by atoms with Gasteiger partial charge in [-0.15, -0.1) is 0 Å². The van der Waals surface area contributed by atoms with Crippen molar-refractivity contribution in [3.63, 3.8) is 0 Å². The monoisotopic (exact) mass is 325 g/mol. The van der Waals surface area contributed by atoms with Gasteiger partial charge in [-0.2, -0.15) is 5.26 Å². The first kappa shape index (κ1) is 18.1. The van der Waals surface area contributed by atoms with Crippen LogP contribution in [-0.4, -0.2) is 22.9 Å². The zero-order valence-corrected chi connectivity index (χ0v) is 14.7. The highest BCUT2D eigenvalue weighted by molar-refractivity contribution is 5.97. The van der Waals surface area contributed by atoms with E-state index in [4.69, 9.17) is 0 Å². The fourth-order valence-electron chi connectivity index (χ4n) is 3.04. The lowest BCUT2D eigenvalue weighted by molar-refractivity contribution is -0.129. The summed E-state index contributed by atoms with van der Waals surface area (Å²) in [5.74, 6) is -0.209. The molecule has 0 heterocycles. The van der Waals surface area contributed by atoms with E-state index in [9.17, 15) is 10.1 Å². The first-order chi connectivity index (χ1) is 11.6. The standard InChI is InChI=1S/C20H27N3O/c1-16(2)23(15-17-9-5-3-6-10-17)20(24)18(13-21)14-22-19-11-7-4-8-12-19/h3,5-6,9-10,14,16,19,22H,4,7-8,11-12,15H2,1-2H3/b18-14-. The Labute approximate surface area is 145 Å². The molecule has 1 aliphatic rings. The third-order valence-corrected chi connectivity index (χ3v) is 4.50. The highest BCUT2D eigenvalue weighted by Crippen LogP contribution is 2.18. The third kappa shape index (κ3) is 5.13. The second-order valence-corrected chi connectivity index (χ2v) is 6.68. The Morgan fingerprint density at radius 2 is 1.96 bits per heavy atom.